The van der Waals surface area contributed by atoms with Gasteiger partial charge in [-0.1, -0.05) is 0 Å². The molecule has 2 aromatic heterocycles. The molecule has 0 atom stereocenters. The normalized spacial score (nSPS) is 10.5. The molecule has 0 saturated heterocycles. The Bertz CT molecular complexity index is 533. The molecule has 0 saturated carbocycles. The van der Waals surface area contributed by atoms with Gasteiger partial charge in [0, 0.05) is 12.3 Å². The first-order chi connectivity index (χ1) is 7.11. The van der Waals surface area contributed by atoms with Crippen LogP contribution in [0.2, 0.25) is 0 Å². The van der Waals surface area contributed by atoms with Gasteiger partial charge >= 0.3 is 5.97 Å². The summed E-state index contributed by atoms with van der Waals surface area (Å²) in [6, 6.07) is 1.42. The summed E-state index contributed by atoms with van der Waals surface area (Å²) in [5, 5.41) is 12.9. The third-order valence-corrected chi connectivity index (χ3v) is 1.97. The lowest BCUT2D eigenvalue weighted by atomic mass is 10.3. The van der Waals surface area contributed by atoms with Crippen molar-refractivity contribution in [2.75, 3.05) is 7.11 Å². The van der Waals surface area contributed by atoms with Gasteiger partial charge in [0.2, 0.25) is 0 Å². The summed E-state index contributed by atoms with van der Waals surface area (Å²) >= 11 is 0. The Kier molecular flexibility index (Phi) is 2.03. The third kappa shape index (κ3) is 1.50. The second-order valence-corrected chi connectivity index (χ2v) is 3.03. The van der Waals surface area contributed by atoms with Crippen LogP contribution in [0.4, 0.5) is 0 Å². The van der Waals surface area contributed by atoms with Crippen LogP contribution in [-0.2, 0) is 0 Å². The highest BCUT2D eigenvalue weighted by atomic mass is 16.5. The fraction of sp³-hybridized carbons (Fsp3) is 0.222. The Hall–Kier alpha value is -2.11. The van der Waals surface area contributed by atoms with Crippen LogP contribution in [-0.4, -0.2) is 32.8 Å². The van der Waals surface area contributed by atoms with E-state index in [4.69, 9.17) is 9.84 Å². The molecule has 1 N–H and O–H groups in total. The first-order valence-electron chi connectivity index (χ1n) is 4.26. The number of carboxylic acid groups (broad SMARTS) is 1. The molecular weight excluding hydrogens is 198 g/mol. The summed E-state index contributed by atoms with van der Waals surface area (Å²) in [5.41, 5.74) is 0.629. The molecular formula is C9H9N3O3. The molecule has 6 heteroatoms. The van der Waals surface area contributed by atoms with Gasteiger partial charge in [-0.25, -0.2) is 14.3 Å². The maximum Gasteiger partial charge on any atom is 0.337 e. The van der Waals surface area contributed by atoms with E-state index in [9.17, 15) is 4.79 Å². The number of rotatable bonds is 2. The van der Waals surface area contributed by atoms with Gasteiger partial charge in [-0.3, -0.25) is 0 Å². The van der Waals surface area contributed by atoms with Crippen molar-refractivity contribution >= 4 is 11.6 Å². The minimum atomic E-state index is -1.02. The molecule has 2 heterocycles. The number of pyridine rings is 1. The van der Waals surface area contributed by atoms with E-state index >= 15 is 0 Å². The van der Waals surface area contributed by atoms with Crippen molar-refractivity contribution < 1.29 is 14.6 Å². The Labute approximate surface area is 85.1 Å². The Balaban J connectivity index is 2.76. The number of ether oxygens (including phenoxy) is 1. The molecule has 0 aliphatic carbocycles. The third-order valence-electron chi connectivity index (χ3n) is 1.97. The van der Waals surface area contributed by atoms with E-state index in [1.807, 2.05) is 0 Å². The maximum absolute atomic E-state index is 10.8. The highest BCUT2D eigenvalue weighted by molar-refractivity contribution is 5.88. The van der Waals surface area contributed by atoms with Crippen LogP contribution in [0.3, 0.4) is 0 Å². The molecule has 6 nitrogen and oxygen atoms in total. The van der Waals surface area contributed by atoms with Crippen LogP contribution in [0, 0.1) is 6.92 Å². The van der Waals surface area contributed by atoms with Gasteiger partial charge in [-0.2, -0.15) is 5.10 Å². The number of carboxylic acids is 1. The minimum Gasteiger partial charge on any atom is -0.493 e. The summed E-state index contributed by atoms with van der Waals surface area (Å²) < 4.78 is 6.45. The molecule has 0 amide bonds. The molecule has 0 radical (unpaired) electrons. The zero-order valence-corrected chi connectivity index (χ0v) is 8.26. The first-order valence-corrected chi connectivity index (χ1v) is 4.26. The van der Waals surface area contributed by atoms with Crippen molar-refractivity contribution in [2.24, 2.45) is 0 Å². The average molecular weight is 207 g/mol. The number of aryl methyl sites for hydroxylation is 1. The Morgan fingerprint density at radius 1 is 1.60 bits per heavy atom. The van der Waals surface area contributed by atoms with Crippen LogP contribution in [0.5, 0.6) is 5.75 Å². The lowest BCUT2D eigenvalue weighted by molar-refractivity contribution is 0.0696. The summed E-state index contributed by atoms with van der Waals surface area (Å²) in [6.45, 7) is 1.73. The first kappa shape index (κ1) is 9.45. The SMILES string of the molecule is COc1cc(C(=O)O)cn2nc(C)nc12. The van der Waals surface area contributed by atoms with Gasteiger partial charge in [0.25, 0.3) is 0 Å². The van der Waals surface area contributed by atoms with Gasteiger partial charge in [0.1, 0.15) is 5.82 Å². The van der Waals surface area contributed by atoms with E-state index < -0.39 is 5.97 Å². The van der Waals surface area contributed by atoms with Crippen LogP contribution in [0.15, 0.2) is 12.3 Å². The summed E-state index contributed by atoms with van der Waals surface area (Å²) in [6.07, 6.45) is 1.40. The summed E-state index contributed by atoms with van der Waals surface area (Å²) in [7, 11) is 1.46. The van der Waals surface area contributed by atoms with Crippen LogP contribution >= 0.6 is 0 Å². The van der Waals surface area contributed by atoms with Crippen molar-refractivity contribution in [3.63, 3.8) is 0 Å². The standard InChI is InChI=1S/C9H9N3O3/c1-5-10-8-7(15-2)3-6(9(13)14)4-12(8)11-5/h3-4H,1-2H3,(H,13,14). The van der Waals surface area contributed by atoms with E-state index in [0.717, 1.165) is 0 Å². The largest absolute Gasteiger partial charge is 0.493 e. The van der Waals surface area contributed by atoms with E-state index in [0.29, 0.717) is 17.2 Å². The molecule has 2 aromatic rings. The van der Waals surface area contributed by atoms with Crippen LogP contribution in [0.1, 0.15) is 16.2 Å². The lowest BCUT2D eigenvalue weighted by Crippen LogP contribution is -2.01. The molecule has 0 unspecified atom stereocenters. The van der Waals surface area contributed by atoms with Crippen LogP contribution in [0.25, 0.3) is 5.65 Å². The number of hydrogen-bond donors (Lipinski definition) is 1. The number of nitrogens with zero attached hydrogens (tertiary/aromatic N) is 3. The van der Waals surface area contributed by atoms with Gasteiger partial charge in [-0.15, -0.1) is 0 Å². The molecule has 0 fully saturated rings. The minimum absolute atomic E-state index is 0.115. The smallest absolute Gasteiger partial charge is 0.337 e. The highest BCUT2D eigenvalue weighted by Crippen LogP contribution is 2.19. The molecule has 0 aromatic carbocycles. The van der Waals surface area contributed by atoms with Crippen molar-refractivity contribution in [3.8, 4) is 5.75 Å². The predicted octanol–water partition coefficient (Wildman–Crippen LogP) is 0.745. The number of methoxy groups -OCH3 is 1. The maximum atomic E-state index is 10.8. The lowest BCUT2D eigenvalue weighted by Gasteiger charge is -2.02. The molecule has 0 aliphatic rings. The molecule has 0 aliphatic heterocycles. The van der Waals surface area contributed by atoms with E-state index in [-0.39, 0.29) is 5.56 Å². The number of aromatic carboxylic acids is 1. The Morgan fingerprint density at radius 3 is 2.93 bits per heavy atom. The quantitative estimate of drug-likeness (QED) is 0.786. The van der Waals surface area contributed by atoms with Crippen molar-refractivity contribution in [3.05, 3.63) is 23.7 Å². The number of aromatic nitrogens is 3. The van der Waals surface area contributed by atoms with Gasteiger partial charge in [0.05, 0.1) is 12.7 Å². The molecule has 2 rings (SSSR count). The van der Waals surface area contributed by atoms with Gasteiger partial charge < -0.3 is 9.84 Å². The second kappa shape index (κ2) is 3.23. The predicted molar refractivity (Wildman–Crippen MR) is 51.2 cm³/mol. The summed E-state index contributed by atoms with van der Waals surface area (Å²) in [4.78, 5) is 14.9. The van der Waals surface area contributed by atoms with Crippen molar-refractivity contribution in [1.82, 2.24) is 14.6 Å². The zero-order valence-electron chi connectivity index (χ0n) is 8.26. The van der Waals surface area contributed by atoms with Crippen LogP contribution < -0.4 is 4.74 Å². The van der Waals surface area contributed by atoms with E-state index in [1.165, 1.54) is 23.9 Å². The highest BCUT2D eigenvalue weighted by Gasteiger charge is 2.12. The fourth-order valence-electron chi connectivity index (χ4n) is 1.33. The van der Waals surface area contributed by atoms with Crippen molar-refractivity contribution in [2.45, 2.75) is 6.92 Å². The molecule has 0 spiro atoms. The number of fused-ring (bicyclic) bond motifs is 1. The molecule has 78 valence electrons. The van der Waals surface area contributed by atoms with E-state index in [2.05, 4.69) is 10.1 Å². The average Bonchev–Trinajstić information content (AvgIpc) is 2.56. The molecule has 15 heavy (non-hydrogen) atoms. The number of carbonyl (C=O) groups is 1. The zero-order chi connectivity index (χ0) is 11.0. The second-order valence-electron chi connectivity index (χ2n) is 3.03. The summed E-state index contributed by atoms with van der Waals surface area (Å²) in [5.74, 6) is -0.0605. The molecule has 0 bridgehead atoms. The van der Waals surface area contributed by atoms with E-state index in [1.54, 1.807) is 6.92 Å². The number of hydrogen-bond acceptors (Lipinski definition) is 4. The topological polar surface area (TPSA) is 76.7 Å². The Morgan fingerprint density at radius 2 is 2.33 bits per heavy atom. The van der Waals surface area contributed by atoms with Gasteiger partial charge in [-0.05, 0) is 6.92 Å². The monoisotopic (exact) mass is 207 g/mol. The van der Waals surface area contributed by atoms with Crippen molar-refractivity contribution in [1.29, 1.82) is 0 Å². The van der Waals surface area contributed by atoms with Gasteiger partial charge in [0.15, 0.2) is 11.4 Å². The fourth-order valence-corrected chi connectivity index (χ4v) is 1.33.